The number of rotatable bonds is 5. The Morgan fingerprint density at radius 1 is 1.33 bits per heavy atom. The molecule has 0 unspecified atom stereocenters. The van der Waals surface area contributed by atoms with Crippen LogP contribution in [0, 0.1) is 0 Å². The third-order valence-corrected chi connectivity index (χ3v) is 4.67. The molecule has 3 rings (SSSR count). The van der Waals surface area contributed by atoms with E-state index >= 15 is 0 Å². The molecule has 2 amide bonds. The van der Waals surface area contributed by atoms with Gasteiger partial charge in [0.2, 0.25) is 0 Å². The van der Waals surface area contributed by atoms with Gasteiger partial charge in [-0.25, -0.2) is 4.79 Å². The second-order valence-corrected chi connectivity index (χ2v) is 6.66. The molecule has 0 bridgehead atoms. The van der Waals surface area contributed by atoms with Crippen LogP contribution in [0.3, 0.4) is 0 Å². The summed E-state index contributed by atoms with van der Waals surface area (Å²) in [6.07, 6.45) is 3.12. The smallest absolute Gasteiger partial charge is 0.321 e. The van der Waals surface area contributed by atoms with Crippen molar-refractivity contribution in [3.8, 4) is 0 Å². The summed E-state index contributed by atoms with van der Waals surface area (Å²) in [6.45, 7) is 0.761. The Balaban J connectivity index is 1.62. The van der Waals surface area contributed by atoms with Gasteiger partial charge in [-0.1, -0.05) is 23.7 Å². The maximum absolute atomic E-state index is 12.4. The minimum absolute atomic E-state index is 0.0312. The molecule has 110 valence electrons. The summed E-state index contributed by atoms with van der Waals surface area (Å²) in [5.41, 5.74) is 0.745. The number of nitrogens with zero attached hydrogens (tertiary/aromatic N) is 1. The monoisotopic (exact) mass is 320 g/mol. The molecule has 0 saturated heterocycles. The van der Waals surface area contributed by atoms with Crippen molar-refractivity contribution in [2.24, 2.45) is 0 Å². The lowest BCUT2D eigenvalue weighted by Gasteiger charge is -2.22. The van der Waals surface area contributed by atoms with Crippen molar-refractivity contribution in [2.75, 3.05) is 11.9 Å². The van der Waals surface area contributed by atoms with E-state index in [1.807, 2.05) is 23.1 Å². The van der Waals surface area contributed by atoms with E-state index in [1.165, 1.54) is 4.88 Å². The van der Waals surface area contributed by atoms with E-state index in [1.54, 1.807) is 23.5 Å². The molecule has 0 radical (unpaired) electrons. The van der Waals surface area contributed by atoms with Crippen molar-refractivity contribution in [1.29, 1.82) is 0 Å². The Labute approximate surface area is 133 Å². The average molecular weight is 321 g/mol. The number of halogens is 1. The maximum Gasteiger partial charge on any atom is 0.322 e. The summed E-state index contributed by atoms with van der Waals surface area (Å²) in [4.78, 5) is 15.7. The van der Waals surface area contributed by atoms with Crippen LogP contribution in [-0.2, 0) is 6.42 Å². The predicted octanol–water partition coefficient (Wildman–Crippen LogP) is 4.64. The Kier molecular flexibility index (Phi) is 4.46. The lowest BCUT2D eigenvalue weighted by molar-refractivity contribution is 0.209. The number of urea groups is 1. The van der Waals surface area contributed by atoms with Gasteiger partial charge in [-0.15, -0.1) is 11.3 Å². The zero-order valence-corrected chi connectivity index (χ0v) is 13.2. The molecule has 1 aromatic heterocycles. The molecule has 2 aromatic rings. The summed E-state index contributed by atoms with van der Waals surface area (Å²) < 4.78 is 0. The number of benzene rings is 1. The van der Waals surface area contributed by atoms with Gasteiger partial charge in [-0.05, 0) is 48.9 Å². The van der Waals surface area contributed by atoms with Crippen LogP contribution < -0.4 is 5.32 Å². The highest BCUT2D eigenvalue weighted by Gasteiger charge is 2.32. The van der Waals surface area contributed by atoms with Crippen LogP contribution >= 0.6 is 22.9 Å². The number of hydrogen-bond acceptors (Lipinski definition) is 2. The number of thiophene rings is 1. The van der Waals surface area contributed by atoms with E-state index in [2.05, 4.69) is 16.8 Å². The number of nitrogens with one attached hydrogen (secondary N) is 1. The third kappa shape index (κ3) is 3.99. The first-order chi connectivity index (χ1) is 10.2. The van der Waals surface area contributed by atoms with Gasteiger partial charge in [0.25, 0.3) is 0 Å². The zero-order chi connectivity index (χ0) is 14.7. The van der Waals surface area contributed by atoms with E-state index < -0.39 is 0 Å². The van der Waals surface area contributed by atoms with E-state index in [-0.39, 0.29) is 6.03 Å². The van der Waals surface area contributed by atoms with Crippen LogP contribution in [0.5, 0.6) is 0 Å². The lowest BCUT2D eigenvalue weighted by atomic mass is 10.3. The summed E-state index contributed by atoms with van der Waals surface area (Å²) >= 11 is 7.69. The van der Waals surface area contributed by atoms with Gasteiger partial charge in [-0.2, -0.15) is 0 Å². The summed E-state index contributed by atoms with van der Waals surface area (Å²) in [5.74, 6) is 0. The Morgan fingerprint density at radius 2 is 2.19 bits per heavy atom. The van der Waals surface area contributed by atoms with Gasteiger partial charge in [0.15, 0.2) is 0 Å². The summed E-state index contributed by atoms with van der Waals surface area (Å²) in [6, 6.07) is 11.8. The van der Waals surface area contributed by atoms with Gasteiger partial charge in [-0.3, -0.25) is 0 Å². The SMILES string of the molecule is O=C(Nc1cccc(Cl)c1)N(CCc1cccs1)C1CC1. The van der Waals surface area contributed by atoms with Crippen molar-refractivity contribution < 1.29 is 4.79 Å². The van der Waals surface area contributed by atoms with Crippen molar-refractivity contribution in [1.82, 2.24) is 4.90 Å². The van der Waals surface area contributed by atoms with E-state index in [9.17, 15) is 4.79 Å². The van der Waals surface area contributed by atoms with Crippen LogP contribution in [-0.4, -0.2) is 23.5 Å². The first-order valence-electron chi connectivity index (χ1n) is 7.08. The molecule has 3 nitrogen and oxygen atoms in total. The number of amides is 2. The van der Waals surface area contributed by atoms with Gasteiger partial charge < -0.3 is 10.2 Å². The normalized spacial score (nSPS) is 14.0. The molecule has 1 fully saturated rings. The quantitative estimate of drug-likeness (QED) is 0.855. The van der Waals surface area contributed by atoms with Crippen LogP contribution in [0.25, 0.3) is 0 Å². The fraction of sp³-hybridized carbons (Fsp3) is 0.312. The van der Waals surface area contributed by atoms with Gasteiger partial charge in [0.1, 0.15) is 0 Å². The summed E-state index contributed by atoms with van der Waals surface area (Å²) in [5, 5.41) is 5.64. The minimum atomic E-state index is -0.0312. The van der Waals surface area contributed by atoms with Crippen molar-refractivity contribution in [3.05, 3.63) is 51.7 Å². The molecule has 0 atom stereocenters. The molecule has 1 aliphatic carbocycles. The molecule has 21 heavy (non-hydrogen) atoms. The topological polar surface area (TPSA) is 32.3 Å². The van der Waals surface area contributed by atoms with E-state index in [4.69, 9.17) is 11.6 Å². The second-order valence-electron chi connectivity index (χ2n) is 5.19. The second kappa shape index (κ2) is 6.50. The van der Waals surface area contributed by atoms with Gasteiger partial charge >= 0.3 is 6.03 Å². The molecule has 0 aliphatic heterocycles. The maximum atomic E-state index is 12.4. The predicted molar refractivity (Wildman–Crippen MR) is 88.2 cm³/mol. The molecule has 1 saturated carbocycles. The Morgan fingerprint density at radius 3 is 2.86 bits per heavy atom. The fourth-order valence-corrected chi connectivity index (χ4v) is 3.17. The summed E-state index contributed by atoms with van der Waals surface area (Å²) in [7, 11) is 0. The van der Waals surface area contributed by atoms with Crippen LogP contribution in [0.1, 0.15) is 17.7 Å². The average Bonchev–Trinajstić information content (AvgIpc) is 3.14. The van der Waals surface area contributed by atoms with Crippen LogP contribution in [0.4, 0.5) is 10.5 Å². The van der Waals surface area contributed by atoms with Crippen LogP contribution in [0.2, 0.25) is 5.02 Å². The number of anilines is 1. The Bertz CT molecular complexity index is 610. The first kappa shape index (κ1) is 14.4. The third-order valence-electron chi connectivity index (χ3n) is 3.50. The van der Waals surface area contributed by atoms with Gasteiger partial charge in [0.05, 0.1) is 0 Å². The van der Waals surface area contributed by atoms with Crippen molar-refractivity contribution in [2.45, 2.75) is 25.3 Å². The standard InChI is InChI=1S/C16H17ClN2OS/c17-12-3-1-4-13(11-12)18-16(20)19(14-6-7-14)9-8-15-5-2-10-21-15/h1-5,10-11,14H,6-9H2,(H,18,20). The molecule has 0 spiro atoms. The lowest BCUT2D eigenvalue weighted by Crippen LogP contribution is -2.38. The molecule has 1 N–H and O–H groups in total. The molecule has 1 aromatic carbocycles. The van der Waals surface area contributed by atoms with Gasteiger partial charge in [0, 0.05) is 28.2 Å². The van der Waals surface area contributed by atoms with Crippen molar-refractivity contribution in [3.63, 3.8) is 0 Å². The fourth-order valence-electron chi connectivity index (χ4n) is 2.28. The molecule has 5 heteroatoms. The largest absolute Gasteiger partial charge is 0.322 e. The molecule has 1 aliphatic rings. The van der Waals surface area contributed by atoms with E-state index in [0.29, 0.717) is 11.1 Å². The highest BCUT2D eigenvalue weighted by Crippen LogP contribution is 2.28. The Hall–Kier alpha value is -1.52. The first-order valence-corrected chi connectivity index (χ1v) is 8.34. The zero-order valence-electron chi connectivity index (χ0n) is 11.6. The number of carbonyl (C=O) groups is 1. The highest BCUT2D eigenvalue weighted by atomic mass is 35.5. The minimum Gasteiger partial charge on any atom is -0.321 e. The van der Waals surface area contributed by atoms with Crippen LogP contribution in [0.15, 0.2) is 41.8 Å². The molecule has 1 heterocycles. The molecular formula is C16H17ClN2OS. The molecular weight excluding hydrogens is 304 g/mol. The van der Waals surface area contributed by atoms with Crippen molar-refractivity contribution >= 4 is 34.7 Å². The number of hydrogen-bond donors (Lipinski definition) is 1. The highest BCUT2D eigenvalue weighted by molar-refractivity contribution is 7.09. The number of carbonyl (C=O) groups excluding carboxylic acids is 1. The van der Waals surface area contributed by atoms with E-state index in [0.717, 1.165) is 31.5 Å².